The molecular weight excluding hydrogens is 263 g/mol. The van der Waals surface area contributed by atoms with E-state index < -0.39 is 0 Å². The summed E-state index contributed by atoms with van der Waals surface area (Å²) in [6.07, 6.45) is 0. The molecule has 0 fully saturated rings. The molecule has 1 amide bonds. The largest absolute Gasteiger partial charge is 0.358 e. The van der Waals surface area contributed by atoms with Gasteiger partial charge in [0.25, 0.3) is 0 Å². The van der Waals surface area contributed by atoms with Crippen LogP contribution in [0.25, 0.3) is 0 Å². The van der Waals surface area contributed by atoms with Crippen LogP contribution in [0.2, 0.25) is 0 Å². The number of rotatable bonds is 4. The molecule has 0 aliphatic carbocycles. The van der Waals surface area contributed by atoms with Gasteiger partial charge in [-0.25, -0.2) is 4.39 Å². The van der Waals surface area contributed by atoms with Crippen molar-refractivity contribution >= 4 is 21.8 Å². The Hall–Kier alpha value is -0.940. The quantitative estimate of drug-likeness (QED) is 0.872. The lowest BCUT2D eigenvalue weighted by atomic mass is 10.2. The summed E-state index contributed by atoms with van der Waals surface area (Å²) in [5.74, 6) is -0.360. The van der Waals surface area contributed by atoms with Crippen molar-refractivity contribution in [3.63, 3.8) is 0 Å². The standard InChI is InChI=1S/C10H12BrFN2O/c1-13-10(15)6-14-5-7-2-3-9(12)8(11)4-7/h2-4,14H,5-6H2,1H3,(H,13,15). The van der Waals surface area contributed by atoms with E-state index in [9.17, 15) is 9.18 Å². The van der Waals surface area contributed by atoms with Crippen molar-refractivity contribution in [2.24, 2.45) is 0 Å². The molecule has 15 heavy (non-hydrogen) atoms. The predicted molar refractivity (Wildman–Crippen MR) is 59.9 cm³/mol. The summed E-state index contributed by atoms with van der Waals surface area (Å²) < 4.78 is 13.3. The first kappa shape index (κ1) is 12.1. The van der Waals surface area contributed by atoms with E-state index in [1.807, 2.05) is 0 Å². The van der Waals surface area contributed by atoms with Gasteiger partial charge < -0.3 is 10.6 Å². The first-order valence-electron chi connectivity index (χ1n) is 4.48. The Morgan fingerprint density at radius 3 is 2.87 bits per heavy atom. The summed E-state index contributed by atoms with van der Waals surface area (Å²) in [5.41, 5.74) is 0.923. The summed E-state index contributed by atoms with van der Waals surface area (Å²) in [6.45, 7) is 0.789. The molecule has 82 valence electrons. The lowest BCUT2D eigenvalue weighted by molar-refractivity contribution is -0.119. The van der Waals surface area contributed by atoms with Gasteiger partial charge in [0.1, 0.15) is 5.82 Å². The number of hydrogen-bond donors (Lipinski definition) is 2. The molecule has 1 rings (SSSR count). The van der Waals surface area contributed by atoms with E-state index in [1.165, 1.54) is 6.07 Å². The third-order valence-electron chi connectivity index (χ3n) is 1.88. The van der Waals surface area contributed by atoms with Crippen molar-refractivity contribution < 1.29 is 9.18 Å². The molecule has 0 aromatic heterocycles. The summed E-state index contributed by atoms with van der Waals surface area (Å²) in [4.78, 5) is 10.9. The van der Waals surface area contributed by atoms with Crippen LogP contribution < -0.4 is 10.6 Å². The third-order valence-corrected chi connectivity index (χ3v) is 2.49. The van der Waals surface area contributed by atoms with E-state index in [2.05, 4.69) is 26.6 Å². The van der Waals surface area contributed by atoms with Crippen LogP contribution in [-0.4, -0.2) is 19.5 Å². The number of likely N-dealkylation sites (N-methyl/N-ethyl adjacent to an activating group) is 1. The zero-order valence-corrected chi connectivity index (χ0v) is 9.90. The molecule has 3 nitrogen and oxygen atoms in total. The number of halogens is 2. The van der Waals surface area contributed by atoms with Gasteiger partial charge in [-0.3, -0.25) is 4.79 Å². The number of carbonyl (C=O) groups excluding carboxylic acids is 1. The van der Waals surface area contributed by atoms with Gasteiger partial charge in [0.05, 0.1) is 11.0 Å². The highest BCUT2D eigenvalue weighted by Gasteiger charge is 2.01. The highest BCUT2D eigenvalue weighted by molar-refractivity contribution is 9.10. The monoisotopic (exact) mass is 274 g/mol. The van der Waals surface area contributed by atoms with Gasteiger partial charge in [0.2, 0.25) is 5.91 Å². The van der Waals surface area contributed by atoms with Gasteiger partial charge in [-0.2, -0.15) is 0 Å². The van der Waals surface area contributed by atoms with Gasteiger partial charge in [0, 0.05) is 13.6 Å². The van der Waals surface area contributed by atoms with Crippen LogP contribution in [0.5, 0.6) is 0 Å². The average Bonchev–Trinajstić information content (AvgIpc) is 2.23. The van der Waals surface area contributed by atoms with Crippen LogP contribution in [0.15, 0.2) is 22.7 Å². The molecule has 0 heterocycles. The molecule has 1 aromatic carbocycles. The molecule has 0 radical (unpaired) electrons. The summed E-state index contributed by atoms with van der Waals surface area (Å²) in [5, 5.41) is 5.44. The number of carbonyl (C=O) groups is 1. The number of amides is 1. The van der Waals surface area contributed by atoms with Crippen LogP contribution >= 0.6 is 15.9 Å². The van der Waals surface area contributed by atoms with Crippen molar-refractivity contribution in [1.82, 2.24) is 10.6 Å². The fourth-order valence-electron chi connectivity index (χ4n) is 1.06. The maximum Gasteiger partial charge on any atom is 0.233 e. The van der Waals surface area contributed by atoms with Gasteiger partial charge >= 0.3 is 0 Å². The Balaban J connectivity index is 2.44. The highest BCUT2D eigenvalue weighted by Crippen LogP contribution is 2.16. The minimum absolute atomic E-state index is 0.0730. The van der Waals surface area contributed by atoms with Crippen LogP contribution in [-0.2, 0) is 11.3 Å². The molecule has 1 aromatic rings. The van der Waals surface area contributed by atoms with Crippen LogP contribution in [0.4, 0.5) is 4.39 Å². The predicted octanol–water partition coefficient (Wildman–Crippen LogP) is 1.42. The zero-order valence-electron chi connectivity index (χ0n) is 8.31. The summed E-state index contributed by atoms with van der Waals surface area (Å²) >= 11 is 3.10. The number of hydrogen-bond acceptors (Lipinski definition) is 2. The minimum Gasteiger partial charge on any atom is -0.358 e. The second kappa shape index (κ2) is 5.82. The molecule has 0 aliphatic rings. The Morgan fingerprint density at radius 1 is 1.53 bits per heavy atom. The highest BCUT2D eigenvalue weighted by atomic mass is 79.9. The van der Waals surface area contributed by atoms with Gasteiger partial charge in [-0.05, 0) is 33.6 Å². The number of nitrogens with one attached hydrogen (secondary N) is 2. The second-order valence-electron chi connectivity index (χ2n) is 3.03. The molecular formula is C10H12BrFN2O. The van der Waals surface area contributed by atoms with Crippen LogP contribution in [0.1, 0.15) is 5.56 Å². The van der Waals surface area contributed by atoms with Crippen molar-refractivity contribution in [1.29, 1.82) is 0 Å². The van der Waals surface area contributed by atoms with Gasteiger partial charge in [-0.15, -0.1) is 0 Å². The molecule has 0 aliphatic heterocycles. The second-order valence-corrected chi connectivity index (χ2v) is 3.88. The molecule has 0 saturated carbocycles. The molecule has 0 atom stereocenters. The fraction of sp³-hybridized carbons (Fsp3) is 0.300. The molecule has 2 N–H and O–H groups in total. The molecule has 0 bridgehead atoms. The maximum atomic E-state index is 12.9. The van der Waals surface area contributed by atoms with E-state index in [1.54, 1.807) is 19.2 Å². The fourth-order valence-corrected chi connectivity index (χ4v) is 1.48. The van der Waals surface area contributed by atoms with Crippen molar-refractivity contribution in [3.05, 3.63) is 34.1 Å². The van der Waals surface area contributed by atoms with Gasteiger partial charge in [-0.1, -0.05) is 6.07 Å². The first-order chi connectivity index (χ1) is 7.13. The Labute approximate surface area is 96.2 Å². The number of benzene rings is 1. The van der Waals surface area contributed by atoms with E-state index in [4.69, 9.17) is 0 Å². The van der Waals surface area contributed by atoms with Crippen molar-refractivity contribution in [3.8, 4) is 0 Å². The van der Waals surface area contributed by atoms with E-state index >= 15 is 0 Å². The summed E-state index contributed by atoms with van der Waals surface area (Å²) in [6, 6.07) is 4.75. The Morgan fingerprint density at radius 2 is 2.27 bits per heavy atom. The Bertz CT molecular complexity index is 357. The molecule has 0 spiro atoms. The van der Waals surface area contributed by atoms with Crippen molar-refractivity contribution in [2.75, 3.05) is 13.6 Å². The van der Waals surface area contributed by atoms with E-state index in [-0.39, 0.29) is 18.3 Å². The lowest BCUT2D eigenvalue weighted by Crippen LogP contribution is -2.30. The first-order valence-corrected chi connectivity index (χ1v) is 5.28. The SMILES string of the molecule is CNC(=O)CNCc1ccc(F)c(Br)c1. The van der Waals surface area contributed by atoms with E-state index in [0.717, 1.165) is 5.56 Å². The van der Waals surface area contributed by atoms with E-state index in [0.29, 0.717) is 11.0 Å². The molecule has 5 heteroatoms. The molecule has 0 saturated heterocycles. The zero-order chi connectivity index (χ0) is 11.3. The minimum atomic E-state index is -0.287. The third kappa shape index (κ3) is 3.97. The summed E-state index contributed by atoms with van der Waals surface area (Å²) in [7, 11) is 1.58. The van der Waals surface area contributed by atoms with Crippen LogP contribution in [0.3, 0.4) is 0 Å². The smallest absolute Gasteiger partial charge is 0.233 e. The molecule has 0 unspecified atom stereocenters. The van der Waals surface area contributed by atoms with Crippen LogP contribution in [0, 0.1) is 5.82 Å². The van der Waals surface area contributed by atoms with Crippen molar-refractivity contribution in [2.45, 2.75) is 6.54 Å². The normalized spacial score (nSPS) is 10.1. The lowest BCUT2D eigenvalue weighted by Gasteiger charge is -2.04. The maximum absolute atomic E-state index is 12.9. The Kier molecular flexibility index (Phi) is 4.71. The average molecular weight is 275 g/mol. The topological polar surface area (TPSA) is 41.1 Å². The van der Waals surface area contributed by atoms with Gasteiger partial charge in [0.15, 0.2) is 0 Å².